The molecule has 104 valence electrons. The topological polar surface area (TPSA) is 75.6 Å². The molecular formula is C15H15NO4. The Kier molecular flexibility index (Phi) is 4.20. The Balaban J connectivity index is 2.63. The standard InChI is InChI=1S/C15H15NO4/c1-20-13-7-6-10-4-2-3-5-11(10)15(13)12(16-9-17)8-14(18)19/h2-7,9,12H,8H2,1H3,(H,16,17)(H,18,19)/t12-/m0/s1. The number of nitrogens with one attached hydrogen (secondary N) is 1. The first-order valence-corrected chi connectivity index (χ1v) is 6.14. The maximum absolute atomic E-state index is 11.0. The zero-order valence-electron chi connectivity index (χ0n) is 11.0. The largest absolute Gasteiger partial charge is 0.496 e. The van der Waals surface area contributed by atoms with Crippen molar-refractivity contribution in [2.45, 2.75) is 12.5 Å². The average molecular weight is 273 g/mol. The molecule has 0 saturated heterocycles. The second-order valence-electron chi connectivity index (χ2n) is 4.34. The Hall–Kier alpha value is -2.56. The van der Waals surface area contributed by atoms with E-state index < -0.39 is 12.0 Å². The van der Waals surface area contributed by atoms with Gasteiger partial charge in [-0.05, 0) is 16.8 Å². The van der Waals surface area contributed by atoms with Crippen LogP contribution < -0.4 is 10.1 Å². The predicted octanol–water partition coefficient (Wildman–Crippen LogP) is 2.11. The normalized spacial score (nSPS) is 11.8. The summed E-state index contributed by atoms with van der Waals surface area (Å²) in [5, 5.41) is 13.4. The molecule has 5 heteroatoms. The Morgan fingerprint density at radius 1 is 1.35 bits per heavy atom. The number of benzene rings is 2. The van der Waals surface area contributed by atoms with Gasteiger partial charge in [0.05, 0.1) is 19.6 Å². The third kappa shape index (κ3) is 2.71. The van der Waals surface area contributed by atoms with Crippen LogP contribution in [0.4, 0.5) is 0 Å². The van der Waals surface area contributed by atoms with E-state index in [0.717, 1.165) is 10.8 Å². The second-order valence-corrected chi connectivity index (χ2v) is 4.34. The molecule has 2 aromatic rings. The summed E-state index contributed by atoms with van der Waals surface area (Å²) in [6.45, 7) is 0. The molecule has 0 aromatic heterocycles. The minimum atomic E-state index is -0.987. The molecule has 0 saturated carbocycles. The number of methoxy groups -OCH3 is 1. The Morgan fingerprint density at radius 2 is 2.10 bits per heavy atom. The fourth-order valence-electron chi connectivity index (χ4n) is 2.31. The summed E-state index contributed by atoms with van der Waals surface area (Å²) in [4.78, 5) is 21.8. The van der Waals surface area contributed by atoms with E-state index in [-0.39, 0.29) is 6.42 Å². The first kappa shape index (κ1) is 13.9. The van der Waals surface area contributed by atoms with Crippen molar-refractivity contribution in [3.05, 3.63) is 42.0 Å². The minimum absolute atomic E-state index is 0.205. The molecule has 0 aliphatic rings. The van der Waals surface area contributed by atoms with Crippen LogP contribution in [0.15, 0.2) is 36.4 Å². The lowest BCUT2D eigenvalue weighted by molar-refractivity contribution is -0.137. The molecule has 1 atom stereocenters. The summed E-state index contributed by atoms with van der Waals surface area (Å²) >= 11 is 0. The maximum Gasteiger partial charge on any atom is 0.305 e. The number of carboxylic acids is 1. The number of ether oxygens (including phenoxy) is 1. The van der Waals surface area contributed by atoms with Gasteiger partial charge in [-0.3, -0.25) is 9.59 Å². The highest BCUT2D eigenvalue weighted by atomic mass is 16.5. The summed E-state index contributed by atoms with van der Waals surface area (Å²) in [6, 6.07) is 10.6. The van der Waals surface area contributed by atoms with Crippen molar-refractivity contribution in [1.29, 1.82) is 0 Å². The van der Waals surface area contributed by atoms with Crippen LogP contribution in [0, 0.1) is 0 Å². The summed E-state index contributed by atoms with van der Waals surface area (Å²) < 4.78 is 5.31. The van der Waals surface area contributed by atoms with E-state index in [1.54, 1.807) is 6.07 Å². The van der Waals surface area contributed by atoms with Gasteiger partial charge in [0.1, 0.15) is 5.75 Å². The van der Waals surface area contributed by atoms with Crippen molar-refractivity contribution in [3.8, 4) is 5.75 Å². The molecule has 0 bridgehead atoms. The van der Waals surface area contributed by atoms with Crippen LogP contribution in [-0.4, -0.2) is 24.6 Å². The quantitative estimate of drug-likeness (QED) is 0.790. The monoisotopic (exact) mass is 273 g/mol. The van der Waals surface area contributed by atoms with Gasteiger partial charge >= 0.3 is 5.97 Å². The van der Waals surface area contributed by atoms with Crippen LogP contribution in [0.3, 0.4) is 0 Å². The van der Waals surface area contributed by atoms with Crippen molar-refractivity contribution >= 4 is 23.2 Å². The van der Waals surface area contributed by atoms with Crippen molar-refractivity contribution in [1.82, 2.24) is 5.32 Å². The van der Waals surface area contributed by atoms with E-state index in [2.05, 4.69) is 5.32 Å². The third-order valence-electron chi connectivity index (χ3n) is 3.15. The number of hydrogen-bond donors (Lipinski definition) is 2. The molecule has 0 unspecified atom stereocenters. The summed E-state index contributed by atoms with van der Waals surface area (Å²) in [7, 11) is 1.52. The molecule has 0 aliphatic carbocycles. The van der Waals surface area contributed by atoms with Crippen LogP contribution >= 0.6 is 0 Å². The van der Waals surface area contributed by atoms with E-state index in [9.17, 15) is 9.59 Å². The number of fused-ring (bicyclic) bond motifs is 1. The van der Waals surface area contributed by atoms with Crippen molar-refractivity contribution < 1.29 is 19.4 Å². The molecule has 0 heterocycles. The van der Waals surface area contributed by atoms with Crippen LogP contribution in [0.5, 0.6) is 5.75 Å². The molecule has 0 aliphatic heterocycles. The van der Waals surface area contributed by atoms with Gasteiger partial charge < -0.3 is 15.2 Å². The van der Waals surface area contributed by atoms with E-state index in [1.807, 2.05) is 30.3 Å². The van der Waals surface area contributed by atoms with Gasteiger partial charge in [-0.1, -0.05) is 30.3 Å². The Morgan fingerprint density at radius 3 is 2.75 bits per heavy atom. The van der Waals surface area contributed by atoms with Crippen LogP contribution in [-0.2, 0) is 9.59 Å². The lowest BCUT2D eigenvalue weighted by Gasteiger charge is -2.20. The highest BCUT2D eigenvalue weighted by molar-refractivity contribution is 5.89. The zero-order valence-corrected chi connectivity index (χ0v) is 11.0. The van der Waals surface area contributed by atoms with Gasteiger partial charge in [0.2, 0.25) is 6.41 Å². The van der Waals surface area contributed by atoms with Gasteiger partial charge in [-0.25, -0.2) is 0 Å². The summed E-state index contributed by atoms with van der Waals surface area (Å²) in [6.07, 6.45) is 0.303. The van der Waals surface area contributed by atoms with E-state index in [0.29, 0.717) is 17.7 Å². The number of aliphatic carboxylic acids is 1. The van der Waals surface area contributed by atoms with Gasteiger partial charge in [0.25, 0.3) is 0 Å². The minimum Gasteiger partial charge on any atom is -0.496 e. The van der Waals surface area contributed by atoms with Gasteiger partial charge in [0, 0.05) is 5.56 Å². The van der Waals surface area contributed by atoms with Crippen molar-refractivity contribution in [3.63, 3.8) is 0 Å². The van der Waals surface area contributed by atoms with Gasteiger partial charge in [-0.2, -0.15) is 0 Å². The fourth-order valence-corrected chi connectivity index (χ4v) is 2.31. The average Bonchev–Trinajstić information content (AvgIpc) is 2.45. The molecule has 2 aromatic carbocycles. The SMILES string of the molecule is COc1ccc2ccccc2c1[C@H](CC(=O)O)NC=O. The molecule has 1 amide bonds. The summed E-state index contributed by atoms with van der Waals surface area (Å²) in [5.74, 6) is -0.427. The first-order chi connectivity index (χ1) is 9.67. The smallest absolute Gasteiger partial charge is 0.305 e. The summed E-state index contributed by atoms with van der Waals surface area (Å²) in [5.41, 5.74) is 0.681. The molecule has 0 radical (unpaired) electrons. The van der Waals surface area contributed by atoms with Crippen molar-refractivity contribution in [2.75, 3.05) is 7.11 Å². The number of carbonyl (C=O) groups excluding carboxylic acids is 1. The molecular weight excluding hydrogens is 258 g/mol. The second kappa shape index (κ2) is 6.06. The number of carboxylic acid groups (broad SMARTS) is 1. The number of hydrogen-bond acceptors (Lipinski definition) is 3. The van der Waals surface area contributed by atoms with Gasteiger partial charge in [-0.15, -0.1) is 0 Å². The molecule has 0 spiro atoms. The molecule has 2 N–H and O–H groups in total. The molecule has 5 nitrogen and oxygen atoms in total. The van der Waals surface area contributed by atoms with Crippen LogP contribution in [0.2, 0.25) is 0 Å². The lowest BCUT2D eigenvalue weighted by atomic mass is 9.95. The molecule has 20 heavy (non-hydrogen) atoms. The van der Waals surface area contributed by atoms with E-state index in [4.69, 9.17) is 9.84 Å². The maximum atomic E-state index is 11.0. The Labute approximate surface area is 116 Å². The molecule has 2 rings (SSSR count). The van der Waals surface area contributed by atoms with E-state index in [1.165, 1.54) is 7.11 Å². The fraction of sp³-hybridized carbons (Fsp3) is 0.200. The highest BCUT2D eigenvalue weighted by Crippen LogP contribution is 2.34. The zero-order chi connectivity index (χ0) is 14.5. The lowest BCUT2D eigenvalue weighted by Crippen LogP contribution is -2.23. The van der Waals surface area contributed by atoms with E-state index >= 15 is 0 Å². The van der Waals surface area contributed by atoms with Crippen LogP contribution in [0.1, 0.15) is 18.0 Å². The number of rotatable bonds is 6. The van der Waals surface area contributed by atoms with Crippen molar-refractivity contribution in [2.24, 2.45) is 0 Å². The predicted molar refractivity (Wildman–Crippen MR) is 74.7 cm³/mol. The van der Waals surface area contributed by atoms with Gasteiger partial charge in [0.15, 0.2) is 0 Å². The third-order valence-corrected chi connectivity index (χ3v) is 3.15. The number of carbonyl (C=O) groups is 2. The molecule has 0 fully saturated rings. The first-order valence-electron chi connectivity index (χ1n) is 6.14. The Bertz CT molecular complexity index is 639. The van der Waals surface area contributed by atoms with Crippen LogP contribution in [0.25, 0.3) is 10.8 Å². The highest BCUT2D eigenvalue weighted by Gasteiger charge is 2.21. The number of amides is 1.